The second-order valence-corrected chi connectivity index (χ2v) is 8.36. The lowest BCUT2D eigenvalue weighted by atomic mass is 9.84. The number of hydrogen-bond acceptors (Lipinski definition) is 6. The van der Waals surface area contributed by atoms with Gasteiger partial charge in [-0.05, 0) is 55.7 Å². The SMILES string of the molecule is CC(=O)c1ccc(C(C)(C)C)cc1N1C(N)=NC(N)=NC12CCCCC2. The predicted octanol–water partition coefficient (Wildman–Crippen LogP) is 3.30. The standard InChI is InChI=1S/C20H29N5O/c1-13(26)15-9-8-14(19(2,3)4)12-16(15)25-18(22)23-17(21)24-20(25)10-6-5-7-11-20/h8-9,12H,5-7,10-11H2,1-4H3,(H4,21,22,23,24). The molecule has 0 amide bonds. The van der Waals surface area contributed by atoms with E-state index in [0.717, 1.165) is 36.9 Å². The number of anilines is 1. The van der Waals surface area contributed by atoms with Gasteiger partial charge < -0.3 is 11.5 Å². The van der Waals surface area contributed by atoms with Gasteiger partial charge in [0.25, 0.3) is 0 Å². The Morgan fingerprint density at radius 2 is 1.81 bits per heavy atom. The zero-order chi connectivity index (χ0) is 19.1. The number of rotatable bonds is 2. The molecule has 26 heavy (non-hydrogen) atoms. The maximum Gasteiger partial charge on any atom is 0.220 e. The van der Waals surface area contributed by atoms with Crippen LogP contribution in [0.15, 0.2) is 28.2 Å². The minimum atomic E-state index is -0.547. The van der Waals surface area contributed by atoms with E-state index in [4.69, 9.17) is 16.5 Å². The molecule has 0 saturated heterocycles. The summed E-state index contributed by atoms with van der Waals surface area (Å²) in [4.78, 5) is 23.2. The van der Waals surface area contributed by atoms with Crippen molar-refractivity contribution in [1.29, 1.82) is 0 Å². The van der Waals surface area contributed by atoms with E-state index in [2.05, 4.69) is 31.8 Å². The molecule has 1 aromatic carbocycles. The van der Waals surface area contributed by atoms with Crippen molar-refractivity contribution in [3.63, 3.8) is 0 Å². The molecule has 1 fully saturated rings. The van der Waals surface area contributed by atoms with E-state index in [9.17, 15) is 4.79 Å². The molecule has 0 unspecified atom stereocenters. The van der Waals surface area contributed by atoms with Crippen LogP contribution in [0.4, 0.5) is 5.69 Å². The number of Topliss-reactive ketones (excluding diaryl/α,β-unsaturated/α-hetero) is 1. The summed E-state index contributed by atoms with van der Waals surface area (Å²) >= 11 is 0. The van der Waals surface area contributed by atoms with Gasteiger partial charge in [0.2, 0.25) is 11.9 Å². The fraction of sp³-hybridized carbons (Fsp3) is 0.550. The molecule has 140 valence electrons. The molecular weight excluding hydrogens is 326 g/mol. The number of carbonyl (C=O) groups excluding carboxylic acids is 1. The van der Waals surface area contributed by atoms with Crippen LogP contribution in [0.2, 0.25) is 0 Å². The van der Waals surface area contributed by atoms with Crippen LogP contribution < -0.4 is 16.4 Å². The van der Waals surface area contributed by atoms with Gasteiger partial charge in [0.05, 0.1) is 5.69 Å². The average molecular weight is 355 g/mol. The predicted molar refractivity (Wildman–Crippen MR) is 107 cm³/mol. The van der Waals surface area contributed by atoms with E-state index in [-0.39, 0.29) is 17.2 Å². The maximum absolute atomic E-state index is 12.3. The third-order valence-corrected chi connectivity index (χ3v) is 5.34. The summed E-state index contributed by atoms with van der Waals surface area (Å²) in [6.07, 6.45) is 4.97. The van der Waals surface area contributed by atoms with Gasteiger partial charge in [0.1, 0.15) is 5.66 Å². The summed E-state index contributed by atoms with van der Waals surface area (Å²) in [6.45, 7) is 8.04. The number of nitrogens with zero attached hydrogens (tertiary/aromatic N) is 3. The van der Waals surface area contributed by atoms with E-state index >= 15 is 0 Å². The van der Waals surface area contributed by atoms with Crippen molar-refractivity contribution in [3.05, 3.63) is 29.3 Å². The van der Waals surface area contributed by atoms with Crippen molar-refractivity contribution in [2.45, 2.75) is 70.9 Å². The molecule has 0 atom stereocenters. The Morgan fingerprint density at radius 1 is 1.15 bits per heavy atom. The normalized spacial score (nSPS) is 19.9. The van der Waals surface area contributed by atoms with Crippen molar-refractivity contribution in [2.24, 2.45) is 21.5 Å². The summed E-state index contributed by atoms with van der Waals surface area (Å²) in [5.41, 5.74) is 14.3. The Morgan fingerprint density at radius 3 is 2.38 bits per heavy atom. The minimum absolute atomic E-state index is 0.00161. The smallest absolute Gasteiger partial charge is 0.220 e. The largest absolute Gasteiger partial charge is 0.369 e. The van der Waals surface area contributed by atoms with E-state index in [1.54, 1.807) is 6.92 Å². The molecule has 3 rings (SSSR count). The van der Waals surface area contributed by atoms with Crippen molar-refractivity contribution >= 4 is 23.4 Å². The molecule has 4 N–H and O–H groups in total. The molecule has 0 bridgehead atoms. The molecule has 1 aromatic rings. The van der Waals surface area contributed by atoms with Crippen LogP contribution in [0.5, 0.6) is 0 Å². The third kappa shape index (κ3) is 3.20. The van der Waals surface area contributed by atoms with Crippen LogP contribution in [0.25, 0.3) is 0 Å². The van der Waals surface area contributed by atoms with E-state index in [1.165, 1.54) is 6.42 Å². The Labute approximate surface area is 155 Å². The van der Waals surface area contributed by atoms with E-state index in [0.29, 0.717) is 11.5 Å². The molecule has 1 aliphatic heterocycles. The molecule has 6 nitrogen and oxygen atoms in total. The summed E-state index contributed by atoms with van der Waals surface area (Å²) < 4.78 is 0. The fourth-order valence-corrected chi connectivity index (χ4v) is 3.95. The van der Waals surface area contributed by atoms with E-state index in [1.807, 2.05) is 17.0 Å². The number of carbonyl (C=O) groups is 1. The highest BCUT2D eigenvalue weighted by molar-refractivity contribution is 6.10. The maximum atomic E-state index is 12.3. The number of benzene rings is 1. The molecule has 1 saturated carbocycles. The van der Waals surface area contributed by atoms with Gasteiger partial charge in [0.15, 0.2) is 5.78 Å². The second-order valence-electron chi connectivity index (χ2n) is 8.36. The Balaban J connectivity index is 2.21. The monoisotopic (exact) mass is 355 g/mol. The molecule has 0 aromatic heterocycles. The second kappa shape index (κ2) is 6.41. The highest BCUT2D eigenvalue weighted by atomic mass is 16.1. The van der Waals surface area contributed by atoms with Crippen LogP contribution in [0.3, 0.4) is 0 Å². The van der Waals surface area contributed by atoms with Gasteiger partial charge in [-0.1, -0.05) is 33.3 Å². The zero-order valence-electron chi connectivity index (χ0n) is 16.2. The van der Waals surface area contributed by atoms with Gasteiger partial charge in [-0.15, -0.1) is 0 Å². The first-order chi connectivity index (χ1) is 12.1. The molecule has 2 aliphatic rings. The number of ketones is 1. The Kier molecular flexibility index (Phi) is 4.54. The van der Waals surface area contributed by atoms with Crippen molar-refractivity contribution < 1.29 is 4.79 Å². The van der Waals surface area contributed by atoms with Crippen molar-refractivity contribution in [3.8, 4) is 0 Å². The summed E-state index contributed by atoms with van der Waals surface area (Å²) in [6, 6.07) is 5.97. The van der Waals surface area contributed by atoms with Gasteiger partial charge in [0, 0.05) is 5.56 Å². The molecule has 1 aliphatic carbocycles. The van der Waals surface area contributed by atoms with Crippen LogP contribution in [0, 0.1) is 0 Å². The minimum Gasteiger partial charge on any atom is -0.369 e. The molecule has 0 radical (unpaired) electrons. The molecular formula is C20H29N5O. The molecule has 1 heterocycles. The highest BCUT2D eigenvalue weighted by Gasteiger charge is 2.43. The summed E-state index contributed by atoms with van der Waals surface area (Å²) in [7, 11) is 0. The summed E-state index contributed by atoms with van der Waals surface area (Å²) in [5, 5.41) is 0. The molecule has 6 heteroatoms. The van der Waals surface area contributed by atoms with Gasteiger partial charge in [-0.25, -0.2) is 4.99 Å². The van der Waals surface area contributed by atoms with Crippen LogP contribution in [0.1, 0.15) is 75.7 Å². The molecule has 1 spiro atoms. The quantitative estimate of drug-likeness (QED) is 0.795. The first-order valence-electron chi connectivity index (χ1n) is 9.29. The first-order valence-corrected chi connectivity index (χ1v) is 9.29. The number of nitrogens with two attached hydrogens (primary N) is 2. The van der Waals surface area contributed by atoms with Gasteiger partial charge in [-0.3, -0.25) is 9.69 Å². The van der Waals surface area contributed by atoms with Gasteiger partial charge in [-0.2, -0.15) is 4.99 Å². The Bertz CT molecular complexity index is 782. The lowest BCUT2D eigenvalue weighted by Gasteiger charge is -2.46. The average Bonchev–Trinajstić information content (AvgIpc) is 2.53. The number of aliphatic imine (C=N–C) groups is 2. The number of hydrogen-bond donors (Lipinski definition) is 2. The lowest BCUT2D eigenvalue weighted by molar-refractivity contribution is 0.101. The third-order valence-electron chi connectivity index (χ3n) is 5.34. The van der Waals surface area contributed by atoms with E-state index < -0.39 is 5.66 Å². The fourth-order valence-electron chi connectivity index (χ4n) is 3.95. The summed E-state index contributed by atoms with van der Waals surface area (Å²) in [5.74, 6) is 0.534. The Hall–Kier alpha value is -2.37. The zero-order valence-corrected chi connectivity index (χ0v) is 16.2. The lowest BCUT2D eigenvalue weighted by Crippen LogP contribution is -2.58. The number of guanidine groups is 2. The van der Waals surface area contributed by atoms with Crippen molar-refractivity contribution in [2.75, 3.05) is 4.90 Å². The first kappa shape index (κ1) is 18.4. The van der Waals surface area contributed by atoms with Crippen molar-refractivity contribution in [1.82, 2.24) is 0 Å². The topological polar surface area (TPSA) is 97.1 Å². The van der Waals surface area contributed by atoms with Crippen LogP contribution in [-0.2, 0) is 5.41 Å². The highest BCUT2D eigenvalue weighted by Crippen LogP contribution is 2.41. The van der Waals surface area contributed by atoms with Gasteiger partial charge >= 0.3 is 0 Å². The van der Waals surface area contributed by atoms with Crippen LogP contribution >= 0.6 is 0 Å². The van der Waals surface area contributed by atoms with Crippen LogP contribution in [-0.4, -0.2) is 23.4 Å².